The van der Waals surface area contributed by atoms with Crippen molar-refractivity contribution < 1.29 is 9.53 Å². The first kappa shape index (κ1) is 14.8. The minimum Gasteiger partial charge on any atom is -0.382 e. The van der Waals surface area contributed by atoms with Gasteiger partial charge >= 0.3 is 0 Å². The van der Waals surface area contributed by atoms with Gasteiger partial charge in [-0.25, -0.2) is 0 Å². The molecule has 100 valence electrons. The van der Waals surface area contributed by atoms with Crippen LogP contribution < -0.4 is 5.32 Å². The molecule has 0 aromatic heterocycles. The summed E-state index contributed by atoms with van der Waals surface area (Å²) in [6.45, 7) is 3.41. The zero-order valence-corrected chi connectivity index (χ0v) is 11.9. The van der Waals surface area contributed by atoms with Crippen molar-refractivity contribution in [2.75, 3.05) is 19.5 Å². The quantitative estimate of drug-likeness (QED) is 0.714. The first-order chi connectivity index (χ1) is 8.26. The lowest BCUT2D eigenvalue weighted by Gasteiger charge is -2.28. The second kappa shape index (κ2) is 8.81. The Balaban J connectivity index is 2.12. The highest BCUT2D eigenvalue weighted by Crippen LogP contribution is 2.26. The number of nitrogens with one attached hydrogen (secondary N) is 1. The number of amides is 1. The zero-order valence-electron chi connectivity index (χ0n) is 11.0. The topological polar surface area (TPSA) is 38.3 Å². The monoisotopic (exact) mass is 259 g/mol. The molecule has 1 saturated carbocycles. The Morgan fingerprint density at radius 2 is 2.29 bits per heavy atom. The molecule has 0 aromatic carbocycles. The number of hydrogen-bond acceptors (Lipinski definition) is 3. The van der Waals surface area contributed by atoms with E-state index in [1.807, 2.05) is 18.7 Å². The van der Waals surface area contributed by atoms with Gasteiger partial charge in [0.2, 0.25) is 5.91 Å². The third-order valence-electron chi connectivity index (χ3n) is 3.22. The van der Waals surface area contributed by atoms with Gasteiger partial charge in [-0.3, -0.25) is 4.79 Å². The van der Waals surface area contributed by atoms with E-state index >= 15 is 0 Å². The predicted octanol–water partition coefficient (Wildman–Crippen LogP) is 2.59. The molecule has 0 radical (unpaired) electrons. The molecule has 1 rings (SSSR count). The highest BCUT2D eigenvalue weighted by atomic mass is 32.2. The van der Waals surface area contributed by atoms with E-state index in [2.05, 4.69) is 11.6 Å². The Kier molecular flexibility index (Phi) is 7.69. The molecule has 0 heterocycles. The first-order valence-electron chi connectivity index (χ1n) is 6.66. The molecule has 2 unspecified atom stereocenters. The van der Waals surface area contributed by atoms with Crippen LogP contribution in [0.1, 0.15) is 45.4 Å². The van der Waals surface area contributed by atoms with Crippen molar-refractivity contribution in [2.45, 2.75) is 56.7 Å². The number of hydrogen-bond donors (Lipinski definition) is 1. The van der Waals surface area contributed by atoms with E-state index in [0.29, 0.717) is 19.1 Å². The van der Waals surface area contributed by atoms with Crippen molar-refractivity contribution in [3.8, 4) is 0 Å². The van der Waals surface area contributed by atoms with Crippen LogP contribution in [0.4, 0.5) is 0 Å². The van der Waals surface area contributed by atoms with Crippen molar-refractivity contribution in [1.29, 1.82) is 0 Å². The Morgan fingerprint density at radius 3 is 3.00 bits per heavy atom. The molecule has 1 aliphatic carbocycles. The molecule has 0 bridgehead atoms. The largest absolute Gasteiger partial charge is 0.382 e. The normalized spacial score (nSPS) is 24.6. The van der Waals surface area contributed by atoms with Gasteiger partial charge in [-0.15, -0.1) is 0 Å². The molecule has 0 aromatic rings. The lowest BCUT2D eigenvalue weighted by Crippen LogP contribution is -2.39. The molecule has 17 heavy (non-hydrogen) atoms. The van der Waals surface area contributed by atoms with Crippen LogP contribution in [0.5, 0.6) is 0 Å². The summed E-state index contributed by atoms with van der Waals surface area (Å²) in [5.41, 5.74) is 0. The fourth-order valence-electron chi connectivity index (χ4n) is 2.27. The smallest absolute Gasteiger partial charge is 0.220 e. The highest BCUT2D eigenvalue weighted by molar-refractivity contribution is 7.99. The van der Waals surface area contributed by atoms with Crippen molar-refractivity contribution >= 4 is 17.7 Å². The van der Waals surface area contributed by atoms with Crippen LogP contribution >= 0.6 is 11.8 Å². The molecule has 0 aliphatic heterocycles. The minimum absolute atomic E-state index is 0.191. The van der Waals surface area contributed by atoms with E-state index in [4.69, 9.17) is 4.74 Å². The van der Waals surface area contributed by atoms with Gasteiger partial charge in [0.05, 0.1) is 0 Å². The predicted molar refractivity (Wildman–Crippen MR) is 73.4 cm³/mol. The summed E-state index contributed by atoms with van der Waals surface area (Å²) in [7, 11) is 0. The van der Waals surface area contributed by atoms with Crippen LogP contribution in [0.25, 0.3) is 0 Å². The van der Waals surface area contributed by atoms with Gasteiger partial charge < -0.3 is 10.1 Å². The van der Waals surface area contributed by atoms with E-state index in [0.717, 1.165) is 31.1 Å². The maximum Gasteiger partial charge on any atom is 0.220 e. The SMILES string of the molecule is CCOCCCC(=O)NC1CCCC(SC)C1. The first-order valence-corrected chi connectivity index (χ1v) is 7.95. The molecular weight excluding hydrogens is 234 g/mol. The average Bonchev–Trinajstić information content (AvgIpc) is 2.35. The van der Waals surface area contributed by atoms with Crippen molar-refractivity contribution in [1.82, 2.24) is 5.32 Å². The van der Waals surface area contributed by atoms with E-state index in [1.165, 1.54) is 12.8 Å². The summed E-state index contributed by atoms with van der Waals surface area (Å²) >= 11 is 1.93. The molecule has 1 aliphatic rings. The van der Waals surface area contributed by atoms with Crippen LogP contribution in [0.2, 0.25) is 0 Å². The summed E-state index contributed by atoms with van der Waals surface area (Å²) in [5.74, 6) is 0.191. The van der Waals surface area contributed by atoms with Gasteiger partial charge in [-0.2, -0.15) is 11.8 Å². The second-order valence-corrected chi connectivity index (χ2v) is 5.73. The zero-order chi connectivity index (χ0) is 12.5. The van der Waals surface area contributed by atoms with Gasteiger partial charge in [0.25, 0.3) is 0 Å². The highest BCUT2D eigenvalue weighted by Gasteiger charge is 2.22. The molecule has 1 fully saturated rings. The summed E-state index contributed by atoms with van der Waals surface area (Å²) in [6.07, 6.45) is 8.43. The van der Waals surface area contributed by atoms with Crippen molar-refractivity contribution in [3.05, 3.63) is 0 Å². The van der Waals surface area contributed by atoms with Crippen LogP contribution in [0.15, 0.2) is 0 Å². The summed E-state index contributed by atoms with van der Waals surface area (Å²) < 4.78 is 5.22. The van der Waals surface area contributed by atoms with Gasteiger partial charge in [0, 0.05) is 30.9 Å². The van der Waals surface area contributed by atoms with Crippen molar-refractivity contribution in [2.24, 2.45) is 0 Å². The summed E-state index contributed by atoms with van der Waals surface area (Å²) in [5, 5.41) is 3.89. The molecule has 0 saturated heterocycles. The third kappa shape index (κ3) is 6.32. The van der Waals surface area contributed by atoms with Crippen LogP contribution in [-0.2, 0) is 9.53 Å². The third-order valence-corrected chi connectivity index (χ3v) is 4.32. The van der Waals surface area contributed by atoms with Gasteiger partial charge in [-0.1, -0.05) is 6.42 Å². The van der Waals surface area contributed by atoms with Gasteiger partial charge in [0.15, 0.2) is 0 Å². The lowest BCUT2D eigenvalue weighted by atomic mass is 9.95. The number of ether oxygens (including phenoxy) is 1. The molecule has 3 nitrogen and oxygen atoms in total. The van der Waals surface area contributed by atoms with E-state index in [1.54, 1.807) is 0 Å². The fourth-order valence-corrected chi connectivity index (χ4v) is 3.10. The molecular formula is C13H25NO2S. The molecule has 2 atom stereocenters. The van der Waals surface area contributed by atoms with Gasteiger partial charge in [-0.05, 0) is 38.9 Å². The number of carbonyl (C=O) groups excluding carboxylic acids is 1. The van der Waals surface area contributed by atoms with Gasteiger partial charge in [0.1, 0.15) is 0 Å². The van der Waals surface area contributed by atoms with E-state index in [9.17, 15) is 4.79 Å². The Bertz CT molecular complexity index is 223. The summed E-state index contributed by atoms with van der Waals surface area (Å²) in [6, 6.07) is 0.404. The molecule has 1 N–H and O–H groups in total. The van der Waals surface area contributed by atoms with E-state index in [-0.39, 0.29) is 5.91 Å². The maximum atomic E-state index is 11.7. The molecule has 4 heteroatoms. The fraction of sp³-hybridized carbons (Fsp3) is 0.923. The Labute approximate surface area is 109 Å². The van der Waals surface area contributed by atoms with Crippen LogP contribution in [0.3, 0.4) is 0 Å². The Morgan fingerprint density at radius 1 is 1.47 bits per heavy atom. The minimum atomic E-state index is 0.191. The van der Waals surface area contributed by atoms with Crippen molar-refractivity contribution in [3.63, 3.8) is 0 Å². The average molecular weight is 259 g/mol. The molecule has 1 amide bonds. The number of thioether (sulfide) groups is 1. The Hall–Kier alpha value is -0.220. The van der Waals surface area contributed by atoms with Crippen LogP contribution in [-0.4, -0.2) is 36.7 Å². The summed E-state index contributed by atoms with van der Waals surface area (Å²) in [4.78, 5) is 11.7. The maximum absolute atomic E-state index is 11.7. The van der Waals surface area contributed by atoms with E-state index < -0.39 is 0 Å². The van der Waals surface area contributed by atoms with Crippen LogP contribution in [0, 0.1) is 0 Å². The molecule has 0 spiro atoms. The number of carbonyl (C=O) groups is 1. The lowest BCUT2D eigenvalue weighted by molar-refractivity contribution is -0.122. The number of rotatable bonds is 7. The second-order valence-electron chi connectivity index (χ2n) is 4.59. The standard InChI is InChI=1S/C13H25NO2S/c1-3-16-9-5-8-13(15)14-11-6-4-7-12(10-11)17-2/h11-12H,3-10H2,1-2H3,(H,14,15).